The average Bonchev–Trinajstić information content (AvgIpc) is 3.24. The molecule has 0 N–H and O–H groups in total. The van der Waals surface area contributed by atoms with Gasteiger partial charge in [0.15, 0.2) is 0 Å². The second kappa shape index (κ2) is 6.10. The van der Waals surface area contributed by atoms with Crippen LogP contribution in [-0.4, -0.2) is 44.4 Å². The summed E-state index contributed by atoms with van der Waals surface area (Å²) in [6.07, 6.45) is 7.20. The van der Waals surface area contributed by atoms with Crippen molar-refractivity contribution in [2.45, 2.75) is 38.8 Å². The van der Waals surface area contributed by atoms with Crippen LogP contribution in [-0.2, 0) is 13.0 Å². The lowest BCUT2D eigenvalue weighted by atomic mass is 10.3. The normalized spacial score (nSPS) is 15.3. The number of likely N-dealkylation sites (N-methyl/N-ethyl adjacent to an activating group) is 1. The van der Waals surface area contributed by atoms with Gasteiger partial charge in [0.05, 0.1) is 11.7 Å². The van der Waals surface area contributed by atoms with Crippen molar-refractivity contribution in [2.24, 2.45) is 0 Å². The van der Waals surface area contributed by atoms with Crippen LogP contribution in [0.2, 0.25) is 0 Å². The van der Waals surface area contributed by atoms with Gasteiger partial charge in [0.1, 0.15) is 11.3 Å². The summed E-state index contributed by atoms with van der Waals surface area (Å²) in [6.45, 7) is 5.44. The molecule has 4 nitrogen and oxygen atoms in total. The standard InChI is InChI=1S/C15H21ClN4/c1-2-19(12-3-4-12)9-10-20-14-6-8-17-11-13(14)18-15(20)5-7-16/h6,8,11-12H,2-5,7,9-10H2,1H3. The van der Waals surface area contributed by atoms with Gasteiger partial charge in [-0.25, -0.2) is 4.98 Å². The molecule has 1 fully saturated rings. The average molecular weight is 293 g/mol. The third-order valence-electron chi connectivity index (χ3n) is 4.03. The summed E-state index contributed by atoms with van der Waals surface area (Å²) in [5, 5.41) is 0. The zero-order valence-corrected chi connectivity index (χ0v) is 12.7. The van der Waals surface area contributed by atoms with E-state index in [4.69, 9.17) is 11.6 Å². The summed E-state index contributed by atoms with van der Waals surface area (Å²) in [4.78, 5) is 11.4. The number of nitrogens with zero attached hydrogens (tertiary/aromatic N) is 4. The van der Waals surface area contributed by atoms with Crippen LogP contribution in [0.4, 0.5) is 0 Å². The third kappa shape index (κ3) is 2.81. The fourth-order valence-electron chi connectivity index (χ4n) is 2.82. The predicted molar refractivity (Wildman–Crippen MR) is 82.2 cm³/mol. The summed E-state index contributed by atoms with van der Waals surface area (Å²) in [5.41, 5.74) is 2.15. The topological polar surface area (TPSA) is 34.0 Å². The molecule has 1 saturated carbocycles. The van der Waals surface area contributed by atoms with E-state index in [9.17, 15) is 0 Å². The van der Waals surface area contributed by atoms with Crippen molar-refractivity contribution < 1.29 is 0 Å². The van der Waals surface area contributed by atoms with Crippen LogP contribution in [0.5, 0.6) is 0 Å². The molecule has 0 aromatic carbocycles. The van der Waals surface area contributed by atoms with E-state index in [0.29, 0.717) is 5.88 Å². The quantitative estimate of drug-likeness (QED) is 0.736. The molecule has 0 unspecified atom stereocenters. The van der Waals surface area contributed by atoms with E-state index in [1.807, 2.05) is 18.5 Å². The molecule has 1 aliphatic carbocycles. The fraction of sp³-hybridized carbons (Fsp3) is 0.600. The predicted octanol–water partition coefficient (Wildman–Crippen LogP) is 2.70. The molecule has 1 aliphatic rings. The molecule has 108 valence electrons. The fourth-order valence-corrected chi connectivity index (χ4v) is 2.99. The highest BCUT2D eigenvalue weighted by atomic mass is 35.5. The van der Waals surface area contributed by atoms with E-state index in [2.05, 4.69) is 26.4 Å². The summed E-state index contributed by atoms with van der Waals surface area (Å²) in [5.74, 6) is 1.69. The van der Waals surface area contributed by atoms with Crippen LogP contribution in [0, 0.1) is 0 Å². The largest absolute Gasteiger partial charge is 0.327 e. The molecule has 2 aromatic heterocycles. The van der Waals surface area contributed by atoms with Gasteiger partial charge in [-0.15, -0.1) is 11.6 Å². The number of fused-ring (bicyclic) bond motifs is 1. The Balaban J connectivity index is 1.82. The monoisotopic (exact) mass is 292 g/mol. The number of imidazole rings is 1. The number of aryl methyl sites for hydroxylation is 1. The molecule has 0 atom stereocenters. The molecular formula is C15H21ClN4. The molecule has 0 aliphatic heterocycles. The Morgan fingerprint density at radius 3 is 3.00 bits per heavy atom. The van der Waals surface area contributed by atoms with Crippen LogP contribution in [0.15, 0.2) is 18.5 Å². The lowest BCUT2D eigenvalue weighted by Gasteiger charge is -2.20. The highest BCUT2D eigenvalue weighted by Gasteiger charge is 2.27. The Morgan fingerprint density at radius 2 is 2.30 bits per heavy atom. The Labute approximate surface area is 124 Å². The first-order valence-electron chi connectivity index (χ1n) is 7.42. The maximum Gasteiger partial charge on any atom is 0.111 e. The van der Waals surface area contributed by atoms with Gasteiger partial charge in [-0.2, -0.15) is 0 Å². The van der Waals surface area contributed by atoms with Crippen LogP contribution < -0.4 is 0 Å². The first kappa shape index (κ1) is 13.8. The molecule has 2 heterocycles. The highest BCUT2D eigenvalue weighted by Crippen LogP contribution is 2.26. The Morgan fingerprint density at radius 1 is 1.45 bits per heavy atom. The first-order chi connectivity index (χ1) is 9.83. The van der Waals surface area contributed by atoms with Gasteiger partial charge in [0.25, 0.3) is 0 Å². The SMILES string of the molecule is CCN(CCn1c(CCCl)nc2cnccc21)C1CC1. The van der Waals surface area contributed by atoms with Crippen molar-refractivity contribution in [1.82, 2.24) is 19.4 Å². The van der Waals surface area contributed by atoms with Gasteiger partial charge in [0.2, 0.25) is 0 Å². The molecule has 2 aromatic rings. The second-order valence-electron chi connectivity index (χ2n) is 5.34. The molecule has 5 heteroatoms. The Kier molecular flexibility index (Phi) is 4.22. The lowest BCUT2D eigenvalue weighted by molar-refractivity contribution is 0.266. The summed E-state index contributed by atoms with van der Waals surface area (Å²) in [7, 11) is 0. The lowest BCUT2D eigenvalue weighted by Crippen LogP contribution is -2.29. The van der Waals surface area contributed by atoms with Crippen molar-refractivity contribution in [2.75, 3.05) is 19.0 Å². The van der Waals surface area contributed by atoms with Crippen LogP contribution in [0.1, 0.15) is 25.6 Å². The molecule has 0 radical (unpaired) electrons. The summed E-state index contributed by atoms with van der Waals surface area (Å²) < 4.78 is 2.31. The number of hydrogen-bond acceptors (Lipinski definition) is 3. The molecule has 3 rings (SSSR count). The minimum Gasteiger partial charge on any atom is -0.327 e. The minimum atomic E-state index is 0.608. The number of halogens is 1. The molecule has 0 amide bonds. The smallest absolute Gasteiger partial charge is 0.111 e. The molecule has 20 heavy (non-hydrogen) atoms. The van der Waals surface area contributed by atoms with E-state index in [-0.39, 0.29) is 0 Å². The summed E-state index contributed by atoms with van der Waals surface area (Å²) >= 11 is 5.91. The van der Waals surface area contributed by atoms with E-state index in [1.54, 1.807) is 0 Å². The molecule has 0 spiro atoms. The van der Waals surface area contributed by atoms with Gasteiger partial charge in [-0.3, -0.25) is 9.88 Å². The Bertz CT molecular complexity index is 576. The number of rotatable bonds is 7. The van der Waals surface area contributed by atoms with Gasteiger partial charge >= 0.3 is 0 Å². The van der Waals surface area contributed by atoms with E-state index < -0.39 is 0 Å². The van der Waals surface area contributed by atoms with Gasteiger partial charge < -0.3 is 4.57 Å². The molecule has 0 bridgehead atoms. The minimum absolute atomic E-state index is 0.608. The second-order valence-corrected chi connectivity index (χ2v) is 5.72. The van der Waals surface area contributed by atoms with Crippen molar-refractivity contribution in [1.29, 1.82) is 0 Å². The van der Waals surface area contributed by atoms with Crippen molar-refractivity contribution in [3.05, 3.63) is 24.3 Å². The van der Waals surface area contributed by atoms with E-state index in [1.165, 1.54) is 18.4 Å². The number of aromatic nitrogens is 3. The van der Waals surface area contributed by atoms with Crippen LogP contribution >= 0.6 is 11.6 Å². The van der Waals surface area contributed by atoms with Crippen molar-refractivity contribution in [3.8, 4) is 0 Å². The van der Waals surface area contributed by atoms with E-state index >= 15 is 0 Å². The Hall–Kier alpha value is -1.13. The van der Waals surface area contributed by atoms with Crippen molar-refractivity contribution in [3.63, 3.8) is 0 Å². The van der Waals surface area contributed by atoms with Gasteiger partial charge in [0, 0.05) is 37.6 Å². The zero-order valence-electron chi connectivity index (χ0n) is 11.9. The maximum absolute atomic E-state index is 5.91. The molecule has 0 saturated heterocycles. The van der Waals surface area contributed by atoms with Crippen LogP contribution in [0.25, 0.3) is 11.0 Å². The summed E-state index contributed by atoms with van der Waals surface area (Å²) in [6, 6.07) is 2.86. The number of hydrogen-bond donors (Lipinski definition) is 0. The number of alkyl halides is 1. The highest BCUT2D eigenvalue weighted by molar-refractivity contribution is 6.17. The zero-order chi connectivity index (χ0) is 13.9. The number of pyridine rings is 1. The molecular weight excluding hydrogens is 272 g/mol. The maximum atomic E-state index is 5.91. The van der Waals surface area contributed by atoms with Crippen LogP contribution in [0.3, 0.4) is 0 Å². The third-order valence-corrected chi connectivity index (χ3v) is 4.22. The van der Waals surface area contributed by atoms with Crippen molar-refractivity contribution >= 4 is 22.6 Å². The first-order valence-corrected chi connectivity index (χ1v) is 7.96. The van der Waals surface area contributed by atoms with Gasteiger partial charge in [-0.05, 0) is 25.5 Å². The van der Waals surface area contributed by atoms with Gasteiger partial charge in [-0.1, -0.05) is 6.92 Å². The van der Waals surface area contributed by atoms with E-state index in [0.717, 1.165) is 43.4 Å².